The van der Waals surface area contributed by atoms with Gasteiger partial charge in [0.25, 0.3) is 0 Å². The Bertz CT molecular complexity index is 1300. The summed E-state index contributed by atoms with van der Waals surface area (Å²) in [6, 6.07) is 15.1. The van der Waals surface area contributed by atoms with E-state index in [2.05, 4.69) is 47.5 Å². The second kappa shape index (κ2) is 10.8. The molecule has 1 N–H and O–H groups in total. The van der Waals surface area contributed by atoms with Crippen LogP contribution in [0.15, 0.2) is 54.5 Å². The van der Waals surface area contributed by atoms with Crippen LogP contribution in [0.2, 0.25) is 0 Å². The van der Waals surface area contributed by atoms with Gasteiger partial charge >= 0.3 is 0 Å². The van der Waals surface area contributed by atoms with Crippen LogP contribution in [0.3, 0.4) is 0 Å². The summed E-state index contributed by atoms with van der Waals surface area (Å²) in [5, 5.41) is 14.4. The van der Waals surface area contributed by atoms with Crippen LogP contribution in [-0.4, -0.2) is 29.1 Å². The van der Waals surface area contributed by atoms with Crippen molar-refractivity contribution in [2.75, 3.05) is 13.1 Å². The molecule has 36 heavy (non-hydrogen) atoms. The van der Waals surface area contributed by atoms with E-state index in [4.69, 9.17) is 9.72 Å². The summed E-state index contributed by atoms with van der Waals surface area (Å²) in [5.41, 5.74) is 5.61. The van der Waals surface area contributed by atoms with E-state index >= 15 is 0 Å². The number of fused-ring (bicyclic) bond motifs is 1. The molecule has 1 atom stereocenters. The van der Waals surface area contributed by atoms with Gasteiger partial charge in [-0.3, -0.25) is 0 Å². The first-order valence-electron chi connectivity index (χ1n) is 13.1. The molecule has 3 aromatic rings. The standard InChI is InChI=1S/C30H34N4OS/c1-4-8-29(34-15-5-6-16-34)33-26-13-12-23-24(26)9-7-10-25(23)28-19-32-30(36-28)21-11-14-27(35-20(2)3)22(17-21)18-31/h7-11,14,17,19-20,26,33H,4-6,12-13,15-16H2,1-3H3/b29-8+. The molecule has 2 aliphatic rings. The van der Waals surface area contributed by atoms with Crippen LogP contribution in [0.5, 0.6) is 5.75 Å². The molecule has 0 spiro atoms. The Morgan fingerprint density at radius 1 is 1.28 bits per heavy atom. The van der Waals surface area contributed by atoms with Gasteiger partial charge in [-0.2, -0.15) is 5.26 Å². The summed E-state index contributed by atoms with van der Waals surface area (Å²) in [4.78, 5) is 8.42. The van der Waals surface area contributed by atoms with Crippen LogP contribution >= 0.6 is 11.3 Å². The van der Waals surface area contributed by atoms with Crippen LogP contribution in [0.4, 0.5) is 0 Å². The SMILES string of the molecule is CC/C=C(\NC1CCc2c(-c3cnc(-c4ccc(OC(C)C)c(C#N)c4)s3)cccc21)N1CCCC1. The van der Waals surface area contributed by atoms with Crippen molar-refractivity contribution in [2.24, 2.45) is 0 Å². The Morgan fingerprint density at radius 3 is 2.86 bits per heavy atom. The number of hydrogen-bond acceptors (Lipinski definition) is 6. The summed E-state index contributed by atoms with van der Waals surface area (Å²) in [7, 11) is 0. The normalized spacial score (nSPS) is 17.4. The van der Waals surface area contributed by atoms with E-state index in [-0.39, 0.29) is 6.10 Å². The minimum absolute atomic E-state index is 0.0248. The average molecular weight is 499 g/mol. The lowest BCUT2D eigenvalue weighted by Gasteiger charge is -2.27. The van der Waals surface area contributed by atoms with Gasteiger partial charge in [-0.05, 0) is 86.9 Å². The van der Waals surface area contributed by atoms with Crippen molar-refractivity contribution >= 4 is 11.3 Å². The first kappa shape index (κ1) is 24.4. The highest BCUT2D eigenvalue weighted by molar-refractivity contribution is 7.18. The average Bonchev–Trinajstić information content (AvgIpc) is 3.65. The monoisotopic (exact) mass is 498 g/mol. The molecule has 186 valence electrons. The smallest absolute Gasteiger partial charge is 0.137 e. The third-order valence-corrected chi connectivity index (χ3v) is 8.00. The zero-order chi connectivity index (χ0) is 25.1. The van der Waals surface area contributed by atoms with E-state index in [1.54, 1.807) is 11.3 Å². The van der Waals surface area contributed by atoms with Gasteiger partial charge in [-0.1, -0.05) is 25.1 Å². The minimum Gasteiger partial charge on any atom is -0.490 e. The number of ether oxygens (including phenoxy) is 1. The predicted octanol–water partition coefficient (Wildman–Crippen LogP) is 7.06. The zero-order valence-electron chi connectivity index (χ0n) is 21.4. The number of hydrogen-bond donors (Lipinski definition) is 1. The first-order valence-corrected chi connectivity index (χ1v) is 13.9. The van der Waals surface area contributed by atoms with Crippen LogP contribution in [0.25, 0.3) is 21.0 Å². The Balaban J connectivity index is 1.40. The second-order valence-corrected chi connectivity index (χ2v) is 10.9. The summed E-state index contributed by atoms with van der Waals surface area (Å²) in [6.07, 6.45) is 10.1. The molecule has 0 amide bonds. The van der Waals surface area contributed by atoms with Crippen molar-refractivity contribution < 1.29 is 4.74 Å². The van der Waals surface area contributed by atoms with E-state index < -0.39 is 0 Å². The van der Waals surface area contributed by atoms with Gasteiger partial charge in [0.05, 0.1) is 28.4 Å². The summed E-state index contributed by atoms with van der Waals surface area (Å²) < 4.78 is 5.78. The fourth-order valence-electron chi connectivity index (χ4n) is 5.28. The summed E-state index contributed by atoms with van der Waals surface area (Å²) in [6.45, 7) is 8.45. The third-order valence-electron chi connectivity index (χ3n) is 6.92. The Hall–Kier alpha value is -3.30. The number of nitrogens with one attached hydrogen (secondary N) is 1. The molecular weight excluding hydrogens is 464 g/mol. The molecule has 0 saturated carbocycles. The predicted molar refractivity (Wildman–Crippen MR) is 147 cm³/mol. The van der Waals surface area contributed by atoms with Gasteiger partial charge in [0.2, 0.25) is 0 Å². The number of allylic oxidation sites excluding steroid dienone is 1. The van der Waals surface area contributed by atoms with Crippen molar-refractivity contribution in [1.82, 2.24) is 15.2 Å². The molecule has 6 heteroatoms. The third kappa shape index (κ3) is 4.99. The lowest BCUT2D eigenvalue weighted by molar-refractivity contribution is 0.242. The molecule has 5 rings (SSSR count). The van der Waals surface area contributed by atoms with Gasteiger partial charge in [-0.25, -0.2) is 4.98 Å². The first-order chi connectivity index (χ1) is 17.6. The molecule has 1 aliphatic carbocycles. The van der Waals surface area contributed by atoms with E-state index in [1.165, 1.54) is 40.2 Å². The van der Waals surface area contributed by atoms with Crippen molar-refractivity contribution in [3.8, 4) is 32.8 Å². The Kier molecular flexibility index (Phi) is 7.29. The Labute approximate surface area is 218 Å². The number of rotatable bonds is 8. The lowest BCUT2D eigenvalue weighted by Crippen LogP contribution is -2.31. The second-order valence-electron chi connectivity index (χ2n) is 9.82. The molecule has 2 aromatic carbocycles. The number of thiazole rings is 1. The van der Waals surface area contributed by atoms with Gasteiger partial charge in [0.15, 0.2) is 0 Å². The maximum atomic E-state index is 9.62. The van der Waals surface area contributed by atoms with Crippen molar-refractivity contribution in [2.45, 2.75) is 65.0 Å². The highest BCUT2D eigenvalue weighted by Crippen LogP contribution is 2.41. The molecule has 5 nitrogen and oxygen atoms in total. The topological polar surface area (TPSA) is 61.2 Å². The van der Waals surface area contributed by atoms with Gasteiger partial charge < -0.3 is 15.0 Å². The largest absolute Gasteiger partial charge is 0.490 e. The van der Waals surface area contributed by atoms with Crippen molar-refractivity contribution in [3.63, 3.8) is 0 Å². The van der Waals surface area contributed by atoms with E-state index in [0.29, 0.717) is 17.4 Å². The van der Waals surface area contributed by atoms with Gasteiger partial charge in [-0.15, -0.1) is 11.3 Å². The summed E-state index contributed by atoms with van der Waals surface area (Å²) in [5.74, 6) is 1.93. The van der Waals surface area contributed by atoms with Crippen LogP contribution in [0, 0.1) is 11.3 Å². The van der Waals surface area contributed by atoms with Crippen LogP contribution in [0.1, 0.15) is 69.2 Å². The molecular formula is C30H34N4OS. The maximum absolute atomic E-state index is 9.62. The number of nitrogens with zero attached hydrogens (tertiary/aromatic N) is 3. The van der Waals surface area contributed by atoms with Crippen molar-refractivity contribution in [3.05, 3.63) is 71.2 Å². The number of benzene rings is 2. The van der Waals surface area contributed by atoms with Crippen LogP contribution < -0.4 is 10.1 Å². The number of likely N-dealkylation sites (tertiary alicyclic amines) is 1. The molecule has 0 radical (unpaired) electrons. The highest BCUT2D eigenvalue weighted by atomic mass is 32.1. The number of aromatic nitrogens is 1. The molecule has 1 fully saturated rings. The van der Waals surface area contributed by atoms with E-state index in [1.807, 2.05) is 38.2 Å². The van der Waals surface area contributed by atoms with E-state index in [0.717, 1.165) is 42.9 Å². The summed E-state index contributed by atoms with van der Waals surface area (Å²) >= 11 is 1.69. The lowest BCUT2D eigenvalue weighted by atomic mass is 10.0. The molecule has 0 bridgehead atoms. The van der Waals surface area contributed by atoms with E-state index in [9.17, 15) is 5.26 Å². The van der Waals surface area contributed by atoms with Gasteiger partial charge in [0.1, 0.15) is 16.8 Å². The Morgan fingerprint density at radius 2 is 2.11 bits per heavy atom. The molecule has 1 aromatic heterocycles. The fourth-order valence-corrected chi connectivity index (χ4v) is 6.25. The minimum atomic E-state index is 0.0248. The quantitative estimate of drug-likeness (QED) is 0.360. The molecule has 2 heterocycles. The molecule has 1 unspecified atom stereocenters. The highest BCUT2D eigenvalue weighted by Gasteiger charge is 2.27. The molecule has 1 aliphatic heterocycles. The maximum Gasteiger partial charge on any atom is 0.137 e. The fraction of sp³-hybridized carbons (Fsp3) is 0.400. The zero-order valence-corrected chi connectivity index (χ0v) is 22.2. The molecule has 1 saturated heterocycles. The number of nitriles is 1. The van der Waals surface area contributed by atoms with Crippen LogP contribution in [-0.2, 0) is 6.42 Å². The van der Waals surface area contributed by atoms with Gasteiger partial charge in [0, 0.05) is 24.8 Å². The van der Waals surface area contributed by atoms with Crippen molar-refractivity contribution in [1.29, 1.82) is 5.26 Å².